The lowest BCUT2D eigenvalue weighted by Crippen LogP contribution is -2.27. The zero-order valence-corrected chi connectivity index (χ0v) is 9.21. The van der Waals surface area contributed by atoms with Crippen molar-refractivity contribution in [1.29, 1.82) is 0 Å². The van der Waals surface area contributed by atoms with Crippen molar-refractivity contribution in [1.82, 2.24) is 0 Å². The molecule has 0 fully saturated rings. The van der Waals surface area contributed by atoms with Crippen molar-refractivity contribution in [3.8, 4) is 0 Å². The topological polar surface area (TPSA) is 83.8 Å². The smallest absolute Gasteiger partial charge is 0.398 e. The summed E-state index contributed by atoms with van der Waals surface area (Å²) in [5.41, 5.74) is -4.32. The molecular weight excluding hydrogens is 233 g/mol. The first-order valence-electron chi connectivity index (χ1n) is 4.22. The molecule has 5 nitrogen and oxygen atoms in total. The minimum Gasteiger partial charge on any atom is -0.458 e. The molecule has 0 heterocycles. The molecular formula is C7H13F2O5P. The van der Waals surface area contributed by atoms with Gasteiger partial charge < -0.3 is 14.5 Å². The average Bonchev–Trinajstić information content (AvgIpc) is 2.11. The highest BCUT2D eigenvalue weighted by Crippen LogP contribution is 2.52. The highest BCUT2D eigenvalue weighted by Gasteiger charge is 2.50. The van der Waals surface area contributed by atoms with E-state index in [0.29, 0.717) is 6.42 Å². The van der Waals surface area contributed by atoms with Crippen LogP contribution in [0.4, 0.5) is 8.78 Å². The average molecular weight is 246 g/mol. The van der Waals surface area contributed by atoms with Gasteiger partial charge in [0.05, 0.1) is 5.92 Å². The molecule has 0 saturated heterocycles. The van der Waals surface area contributed by atoms with Crippen LogP contribution in [0.15, 0.2) is 0 Å². The fourth-order valence-corrected chi connectivity index (χ4v) is 0.784. The van der Waals surface area contributed by atoms with Crippen molar-refractivity contribution < 1.29 is 32.7 Å². The molecule has 0 aromatic carbocycles. The van der Waals surface area contributed by atoms with Gasteiger partial charge in [-0.2, -0.15) is 8.78 Å². The molecule has 15 heavy (non-hydrogen) atoms. The van der Waals surface area contributed by atoms with Gasteiger partial charge in [0.25, 0.3) is 0 Å². The maximum Gasteiger partial charge on any atom is 0.398 e. The predicted octanol–water partition coefficient (Wildman–Crippen LogP) is 1.35. The van der Waals surface area contributed by atoms with Crippen molar-refractivity contribution >= 4 is 13.6 Å². The van der Waals surface area contributed by atoms with Gasteiger partial charge in [-0.05, 0) is 6.42 Å². The Morgan fingerprint density at radius 1 is 1.53 bits per heavy atom. The highest BCUT2D eigenvalue weighted by atomic mass is 31.2. The van der Waals surface area contributed by atoms with Crippen LogP contribution in [0.5, 0.6) is 0 Å². The second-order valence-corrected chi connectivity index (χ2v) is 4.87. The molecule has 0 aromatic heterocycles. The Hall–Kier alpha value is -0.520. The molecule has 0 saturated carbocycles. The van der Waals surface area contributed by atoms with Crippen LogP contribution in [0.2, 0.25) is 0 Å². The molecule has 0 rings (SSSR count). The van der Waals surface area contributed by atoms with Crippen molar-refractivity contribution in [3.05, 3.63) is 0 Å². The summed E-state index contributed by atoms with van der Waals surface area (Å²) in [5, 5.41) is 0. The Morgan fingerprint density at radius 2 is 2.00 bits per heavy atom. The number of halogens is 2. The summed E-state index contributed by atoms with van der Waals surface area (Å²) in [4.78, 5) is 27.4. The monoisotopic (exact) mass is 246 g/mol. The van der Waals surface area contributed by atoms with Gasteiger partial charge in [-0.1, -0.05) is 13.8 Å². The summed E-state index contributed by atoms with van der Waals surface area (Å²) in [6, 6.07) is 0. The normalized spacial score (nSPS) is 14.8. The third kappa shape index (κ3) is 4.24. The van der Waals surface area contributed by atoms with E-state index in [1.807, 2.05) is 0 Å². The molecule has 8 heteroatoms. The molecule has 0 bridgehead atoms. The van der Waals surface area contributed by atoms with Gasteiger partial charge >= 0.3 is 19.2 Å². The van der Waals surface area contributed by atoms with E-state index in [4.69, 9.17) is 9.79 Å². The molecule has 1 unspecified atom stereocenters. The molecule has 0 aliphatic heterocycles. The first-order valence-corrected chi connectivity index (χ1v) is 5.83. The van der Waals surface area contributed by atoms with Crippen molar-refractivity contribution in [2.75, 3.05) is 6.61 Å². The van der Waals surface area contributed by atoms with Crippen LogP contribution < -0.4 is 0 Å². The highest BCUT2D eigenvalue weighted by molar-refractivity contribution is 7.53. The van der Waals surface area contributed by atoms with E-state index in [1.165, 1.54) is 6.92 Å². The number of esters is 1. The molecule has 2 N–H and O–H groups in total. The maximum absolute atomic E-state index is 12.6. The molecule has 0 radical (unpaired) electrons. The van der Waals surface area contributed by atoms with Crippen LogP contribution in [0, 0.1) is 5.92 Å². The number of carbonyl (C=O) groups excluding carboxylic acids is 1. The number of hydrogen-bond donors (Lipinski definition) is 2. The Bertz CT molecular complexity index is 275. The van der Waals surface area contributed by atoms with E-state index in [0.717, 1.165) is 0 Å². The zero-order valence-electron chi connectivity index (χ0n) is 8.31. The van der Waals surface area contributed by atoms with Gasteiger partial charge in [0, 0.05) is 0 Å². The largest absolute Gasteiger partial charge is 0.458 e. The van der Waals surface area contributed by atoms with Gasteiger partial charge in [-0.15, -0.1) is 0 Å². The van der Waals surface area contributed by atoms with E-state index in [9.17, 15) is 18.1 Å². The van der Waals surface area contributed by atoms with Crippen LogP contribution in [0.3, 0.4) is 0 Å². The van der Waals surface area contributed by atoms with Crippen LogP contribution in [0.1, 0.15) is 20.3 Å². The molecule has 0 aromatic rings. The third-order valence-electron chi connectivity index (χ3n) is 1.83. The Kier molecular flexibility index (Phi) is 4.83. The fraction of sp³-hybridized carbons (Fsp3) is 0.857. The van der Waals surface area contributed by atoms with Crippen LogP contribution >= 0.6 is 7.60 Å². The van der Waals surface area contributed by atoms with E-state index in [1.54, 1.807) is 6.92 Å². The number of hydrogen-bond acceptors (Lipinski definition) is 3. The minimum atomic E-state index is -5.57. The second-order valence-electron chi connectivity index (χ2n) is 3.13. The van der Waals surface area contributed by atoms with Crippen molar-refractivity contribution in [3.63, 3.8) is 0 Å². The van der Waals surface area contributed by atoms with Crippen molar-refractivity contribution in [2.24, 2.45) is 5.92 Å². The van der Waals surface area contributed by atoms with E-state index >= 15 is 0 Å². The third-order valence-corrected chi connectivity index (χ3v) is 2.81. The minimum absolute atomic E-state index is 0.403. The molecule has 0 aliphatic carbocycles. The van der Waals surface area contributed by atoms with Gasteiger partial charge in [0.1, 0.15) is 0 Å². The van der Waals surface area contributed by atoms with E-state index in [2.05, 4.69) is 4.74 Å². The summed E-state index contributed by atoms with van der Waals surface area (Å²) in [5.74, 6) is -1.47. The summed E-state index contributed by atoms with van der Waals surface area (Å²) >= 11 is 0. The standard InChI is InChI=1S/C7H13F2O5P/c1-3-5(2)6(10)14-4-7(8,9)15(11,12)13/h5H,3-4H2,1-2H3,(H2,11,12,13). The Labute approximate surface area is 85.6 Å². The van der Waals surface area contributed by atoms with Gasteiger partial charge in [0.2, 0.25) is 0 Å². The van der Waals surface area contributed by atoms with E-state index < -0.39 is 31.8 Å². The number of carbonyl (C=O) groups is 1. The number of ether oxygens (including phenoxy) is 1. The fourth-order valence-electron chi connectivity index (χ4n) is 0.551. The Balaban J connectivity index is 4.28. The summed E-state index contributed by atoms with van der Waals surface area (Å²) in [7, 11) is -5.57. The number of rotatable bonds is 5. The lowest BCUT2D eigenvalue weighted by molar-refractivity contribution is -0.154. The lowest BCUT2D eigenvalue weighted by Gasteiger charge is -2.18. The van der Waals surface area contributed by atoms with E-state index in [-0.39, 0.29) is 0 Å². The zero-order chi connectivity index (χ0) is 12.3. The first-order chi connectivity index (χ1) is 6.62. The van der Waals surface area contributed by atoms with Gasteiger partial charge in [-0.25, -0.2) is 0 Å². The molecule has 0 spiro atoms. The lowest BCUT2D eigenvalue weighted by atomic mass is 10.1. The predicted molar refractivity (Wildman–Crippen MR) is 47.4 cm³/mol. The SMILES string of the molecule is CCC(C)C(=O)OCC(F)(F)P(=O)(O)O. The molecule has 0 aliphatic rings. The summed E-state index contributed by atoms with van der Waals surface area (Å²) < 4.78 is 39.6. The maximum atomic E-state index is 12.6. The van der Waals surface area contributed by atoms with Crippen LogP contribution in [0.25, 0.3) is 0 Å². The number of alkyl halides is 2. The van der Waals surface area contributed by atoms with Crippen LogP contribution in [-0.2, 0) is 14.1 Å². The van der Waals surface area contributed by atoms with Gasteiger partial charge in [0.15, 0.2) is 6.61 Å². The molecule has 90 valence electrons. The quantitative estimate of drug-likeness (QED) is 0.565. The van der Waals surface area contributed by atoms with Crippen molar-refractivity contribution in [2.45, 2.75) is 25.9 Å². The van der Waals surface area contributed by atoms with Crippen LogP contribution in [-0.4, -0.2) is 28.0 Å². The van der Waals surface area contributed by atoms with Gasteiger partial charge in [-0.3, -0.25) is 9.36 Å². The first kappa shape index (κ1) is 14.5. The molecule has 1 atom stereocenters. The summed E-state index contributed by atoms with van der Waals surface area (Å²) in [6.45, 7) is 1.53. The second kappa shape index (κ2) is 5.01. The summed E-state index contributed by atoms with van der Waals surface area (Å²) in [6.07, 6.45) is 0.403. The molecule has 0 amide bonds. The Morgan fingerprint density at radius 3 is 2.33 bits per heavy atom.